The van der Waals surface area contributed by atoms with Crippen LogP contribution in [0.4, 0.5) is 0 Å². The molecule has 134 valence electrons. The van der Waals surface area contributed by atoms with Crippen molar-refractivity contribution in [2.75, 3.05) is 42.3 Å². The molecule has 2 heterocycles. The molecule has 0 saturated heterocycles. The Bertz CT molecular complexity index is 434. The van der Waals surface area contributed by atoms with Crippen LogP contribution in [0.25, 0.3) is 43.3 Å². The molecule has 0 aliphatic heterocycles. The number of nitrogens with zero attached hydrogens (tertiary/aromatic N) is 8. The molecule has 0 aliphatic carbocycles. The van der Waals surface area contributed by atoms with Gasteiger partial charge in [0.1, 0.15) is 0 Å². The standard InChI is InChI=1S/C10H8N2.3C2H6N.N3.Ti/c1-3-7-11-9(5-1)10-6-2-4-8-12-10;4*1-3-2;/h1-8H;3*1-2H3;;/q;4*-1;+4. The fraction of sp³-hybridized carbons (Fsp3) is 0.375. The van der Waals surface area contributed by atoms with Gasteiger partial charge in [-0.25, -0.2) is 0 Å². The van der Waals surface area contributed by atoms with E-state index in [1.54, 1.807) is 54.7 Å². The predicted molar refractivity (Wildman–Crippen MR) is 103 cm³/mol. The maximum atomic E-state index is 6.75. The second-order valence-electron chi connectivity index (χ2n) is 3.86. The van der Waals surface area contributed by atoms with E-state index in [0.29, 0.717) is 0 Å². The zero-order valence-corrected chi connectivity index (χ0v) is 17.3. The first kappa shape index (κ1) is 31.0. The quantitative estimate of drug-likeness (QED) is 0.304. The van der Waals surface area contributed by atoms with Crippen molar-refractivity contribution in [1.82, 2.24) is 9.97 Å². The first-order chi connectivity index (χ1) is 11.6. The molecule has 25 heavy (non-hydrogen) atoms. The number of rotatable bonds is 1. The molecule has 0 spiro atoms. The van der Waals surface area contributed by atoms with Gasteiger partial charge in [0.15, 0.2) is 0 Å². The Morgan fingerprint density at radius 1 is 0.680 bits per heavy atom. The van der Waals surface area contributed by atoms with E-state index in [4.69, 9.17) is 11.1 Å². The van der Waals surface area contributed by atoms with Crippen LogP contribution < -0.4 is 0 Å². The van der Waals surface area contributed by atoms with Gasteiger partial charge in [-0.05, 0) is 24.3 Å². The third-order valence-electron chi connectivity index (χ3n) is 1.59. The molecular formula is C16H26N8Ti. The molecule has 8 nitrogen and oxygen atoms in total. The minimum atomic E-state index is 0. The van der Waals surface area contributed by atoms with E-state index in [2.05, 4.69) is 25.9 Å². The van der Waals surface area contributed by atoms with E-state index in [9.17, 15) is 0 Å². The fourth-order valence-corrected chi connectivity index (χ4v) is 1.03. The third kappa shape index (κ3) is 27.4. The molecule has 0 fully saturated rings. The van der Waals surface area contributed by atoms with E-state index in [1.807, 2.05) is 36.4 Å². The maximum Gasteiger partial charge on any atom is 4.00 e. The Morgan fingerprint density at radius 3 is 1.08 bits per heavy atom. The Kier molecular flexibility index (Phi) is 37.4. The van der Waals surface area contributed by atoms with Crippen LogP contribution in [0.5, 0.6) is 0 Å². The van der Waals surface area contributed by atoms with Crippen LogP contribution in [0.1, 0.15) is 0 Å². The molecule has 0 unspecified atom stereocenters. The van der Waals surface area contributed by atoms with Crippen LogP contribution in [-0.4, -0.2) is 52.3 Å². The summed E-state index contributed by atoms with van der Waals surface area (Å²) >= 11 is 0. The van der Waals surface area contributed by atoms with Crippen LogP contribution in [0.15, 0.2) is 48.8 Å². The molecule has 0 bridgehead atoms. The molecule has 0 aromatic carbocycles. The van der Waals surface area contributed by atoms with Gasteiger partial charge in [0.25, 0.3) is 0 Å². The van der Waals surface area contributed by atoms with Crippen molar-refractivity contribution in [3.63, 3.8) is 0 Å². The largest absolute Gasteiger partial charge is 4.00 e. The van der Waals surface area contributed by atoms with Gasteiger partial charge < -0.3 is 27.0 Å². The van der Waals surface area contributed by atoms with E-state index >= 15 is 0 Å². The predicted octanol–water partition coefficient (Wildman–Crippen LogP) is 4.87. The van der Waals surface area contributed by atoms with Gasteiger partial charge >= 0.3 is 21.7 Å². The summed E-state index contributed by atoms with van der Waals surface area (Å²) in [6.45, 7) is 0. The van der Waals surface area contributed by atoms with E-state index in [0.717, 1.165) is 11.4 Å². The first-order valence-electron chi connectivity index (χ1n) is 6.87. The summed E-state index contributed by atoms with van der Waals surface area (Å²) in [5, 5.41) is 10.5. The van der Waals surface area contributed by atoms with Gasteiger partial charge in [-0.15, -0.1) is 0 Å². The van der Waals surface area contributed by atoms with Crippen molar-refractivity contribution in [3.05, 3.63) is 80.7 Å². The van der Waals surface area contributed by atoms with Crippen LogP contribution >= 0.6 is 0 Å². The molecule has 0 amide bonds. The number of aromatic nitrogens is 2. The first-order valence-corrected chi connectivity index (χ1v) is 6.87. The molecule has 0 atom stereocenters. The second kappa shape index (κ2) is 30.1. The van der Waals surface area contributed by atoms with Crippen molar-refractivity contribution in [3.8, 4) is 11.4 Å². The average Bonchev–Trinajstić information content (AvgIpc) is 2.59. The number of hydrogen-bond acceptors (Lipinski definition) is 2. The molecular weight excluding hydrogens is 352 g/mol. The molecule has 0 radical (unpaired) electrons. The zero-order chi connectivity index (χ0) is 19.1. The molecule has 9 heteroatoms. The Hall–Kier alpha value is -1.80. The SMILES string of the molecule is C[N-]C.C[N-]C.C[N-]C.[N-]=[N+]=[N-].[Ti+4].c1ccc(-c2ccccn2)nc1. The minimum absolute atomic E-state index is 0. The van der Waals surface area contributed by atoms with Gasteiger partial charge in [-0.2, -0.15) is 42.3 Å². The maximum absolute atomic E-state index is 6.75. The Labute approximate surface area is 166 Å². The van der Waals surface area contributed by atoms with E-state index in [-0.39, 0.29) is 21.7 Å². The molecule has 0 aliphatic rings. The van der Waals surface area contributed by atoms with E-state index < -0.39 is 0 Å². The van der Waals surface area contributed by atoms with E-state index in [1.165, 1.54) is 4.91 Å². The summed E-state index contributed by atoms with van der Waals surface area (Å²) in [6.07, 6.45) is 3.54. The molecule has 2 rings (SSSR count). The summed E-state index contributed by atoms with van der Waals surface area (Å²) in [7, 11) is 10.5. The van der Waals surface area contributed by atoms with Crippen LogP contribution in [0.2, 0.25) is 0 Å². The van der Waals surface area contributed by atoms with Crippen LogP contribution in [0, 0.1) is 0 Å². The normalized spacial score (nSPS) is 7.12. The molecule has 0 saturated carbocycles. The second-order valence-corrected chi connectivity index (χ2v) is 3.86. The van der Waals surface area contributed by atoms with Crippen LogP contribution in [-0.2, 0) is 21.7 Å². The van der Waals surface area contributed by atoms with Crippen molar-refractivity contribution in [1.29, 1.82) is 0 Å². The van der Waals surface area contributed by atoms with Crippen LogP contribution in [0.3, 0.4) is 0 Å². The van der Waals surface area contributed by atoms with Gasteiger partial charge in [-0.1, -0.05) is 12.1 Å². The topological polar surface area (TPSA) is 127 Å². The third-order valence-corrected chi connectivity index (χ3v) is 1.59. The summed E-state index contributed by atoms with van der Waals surface area (Å²) in [5.74, 6) is 0. The summed E-state index contributed by atoms with van der Waals surface area (Å²) in [6, 6.07) is 11.6. The zero-order valence-electron chi connectivity index (χ0n) is 15.7. The van der Waals surface area contributed by atoms with Crippen molar-refractivity contribution < 1.29 is 21.7 Å². The number of hydrogen-bond donors (Lipinski definition) is 0. The Morgan fingerprint density at radius 2 is 0.920 bits per heavy atom. The fourth-order valence-electron chi connectivity index (χ4n) is 1.03. The molecule has 0 N–H and O–H groups in total. The molecule has 2 aromatic rings. The summed E-state index contributed by atoms with van der Waals surface area (Å²) in [5.41, 5.74) is 15.3. The summed E-state index contributed by atoms with van der Waals surface area (Å²) in [4.78, 5) is 9.87. The van der Waals surface area contributed by atoms with Crippen molar-refractivity contribution in [2.45, 2.75) is 0 Å². The van der Waals surface area contributed by atoms with Gasteiger partial charge in [0, 0.05) is 12.4 Å². The smallest absolute Gasteiger partial charge is 0.668 e. The van der Waals surface area contributed by atoms with Crippen molar-refractivity contribution in [2.24, 2.45) is 0 Å². The van der Waals surface area contributed by atoms with Gasteiger partial charge in [0.05, 0.1) is 11.4 Å². The van der Waals surface area contributed by atoms with Gasteiger partial charge in [-0.3, -0.25) is 14.9 Å². The van der Waals surface area contributed by atoms with Gasteiger partial charge in [0.2, 0.25) is 0 Å². The average molecular weight is 378 g/mol. The van der Waals surface area contributed by atoms with Crippen molar-refractivity contribution >= 4 is 0 Å². The minimum Gasteiger partial charge on any atom is -0.668 e. The monoisotopic (exact) mass is 378 g/mol. The summed E-state index contributed by atoms with van der Waals surface area (Å²) < 4.78 is 0. The molecule has 2 aromatic heterocycles. The Balaban J connectivity index is -0.000000143. The number of pyridine rings is 2.